The third kappa shape index (κ3) is 5.36. The molecule has 0 saturated heterocycles. The first kappa shape index (κ1) is 17.5. The number of hydrogen-bond donors (Lipinski definition) is 2. The number of aliphatic carboxylic acids is 1. The fourth-order valence-electron chi connectivity index (χ4n) is 1.92. The van der Waals surface area contributed by atoms with Crippen molar-refractivity contribution in [1.82, 2.24) is 4.90 Å². The molecular weight excluding hydrogens is 292 g/mol. The lowest BCUT2D eigenvalue weighted by Crippen LogP contribution is -2.42. The van der Waals surface area contributed by atoms with Crippen molar-refractivity contribution in [2.75, 3.05) is 18.4 Å². The van der Waals surface area contributed by atoms with Crippen LogP contribution in [-0.2, 0) is 9.59 Å². The quantitative estimate of drug-likeness (QED) is 0.812. The zero-order valence-corrected chi connectivity index (χ0v) is 13.3. The first-order valence-electron chi connectivity index (χ1n) is 6.86. The average molecular weight is 313 g/mol. The molecule has 0 heterocycles. The van der Waals surface area contributed by atoms with E-state index in [1.807, 2.05) is 20.8 Å². The summed E-state index contributed by atoms with van der Waals surface area (Å²) in [7, 11) is 0. The summed E-state index contributed by atoms with van der Waals surface area (Å²) in [5.41, 5.74) is 1.44. The molecule has 0 aliphatic rings. The van der Waals surface area contributed by atoms with Gasteiger partial charge in [-0.2, -0.15) is 0 Å². The molecule has 1 aromatic rings. The van der Waals surface area contributed by atoms with E-state index < -0.39 is 5.97 Å². The summed E-state index contributed by atoms with van der Waals surface area (Å²) in [5, 5.41) is 12.3. The molecule has 1 amide bonds. The highest BCUT2D eigenvalue weighted by Crippen LogP contribution is 2.22. The van der Waals surface area contributed by atoms with Crippen molar-refractivity contribution in [1.29, 1.82) is 0 Å². The van der Waals surface area contributed by atoms with Crippen molar-refractivity contribution in [3.63, 3.8) is 0 Å². The number of nitrogens with one attached hydrogen (secondary N) is 1. The molecule has 1 unspecified atom stereocenters. The molecule has 6 heteroatoms. The second-order valence-electron chi connectivity index (χ2n) is 5.02. The van der Waals surface area contributed by atoms with Gasteiger partial charge in [-0.05, 0) is 38.0 Å². The minimum atomic E-state index is -0.943. The molecule has 1 atom stereocenters. The van der Waals surface area contributed by atoms with Gasteiger partial charge in [0.15, 0.2) is 0 Å². The number of halogens is 1. The fraction of sp³-hybridized carbons (Fsp3) is 0.467. The zero-order valence-electron chi connectivity index (χ0n) is 12.5. The molecule has 1 aromatic carbocycles. The summed E-state index contributed by atoms with van der Waals surface area (Å²) in [5.74, 6) is -1.19. The Hall–Kier alpha value is -1.59. The first-order chi connectivity index (χ1) is 9.85. The van der Waals surface area contributed by atoms with Crippen LogP contribution < -0.4 is 5.32 Å². The number of carbonyl (C=O) groups is 2. The van der Waals surface area contributed by atoms with Crippen LogP contribution in [0, 0.1) is 6.92 Å². The molecule has 0 aliphatic carbocycles. The van der Waals surface area contributed by atoms with Gasteiger partial charge >= 0.3 is 5.97 Å². The number of amides is 1. The molecule has 0 radical (unpaired) electrons. The normalized spacial score (nSPS) is 12.2. The van der Waals surface area contributed by atoms with Crippen LogP contribution in [0.5, 0.6) is 0 Å². The number of benzene rings is 1. The highest BCUT2D eigenvalue weighted by atomic mass is 35.5. The standard InChI is InChI=1S/C15H21ClN2O3/c1-4-10(2)18(9-15(20)21)8-14(19)17-13-7-5-6-12(16)11(13)3/h5-7,10H,4,8-9H2,1-3H3,(H,17,19)(H,20,21). The zero-order chi connectivity index (χ0) is 16.0. The van der Waals surface area contributed by atoms with Gasteiger partial charge in [0.2, 0.25) is 5.91 Å². The maximum Gasteiger partial charge on any atom is 0.317 e. The van der Waals surface area contributed by atoms with E-state index in [1.54, 1.807) is 23.1 Å². The monoisotopic (exact) mass is 312 g/mol. The van der Waals surface area contributed by atoms with Gasteiger partial charge in [0.25, 0.3) is 0 Å². The van der Waals surface area contributed by atoms with Crippen LogP contribution in [0.15, 0.2) is 18.2 Å². The van der Waals surface area contributed by atoms with E-state index in [4.69, 9.17) is 16.7 Å². The van der Waals surface area contributed by atoms with Crippen LogP contribution in [0.4, 0.5) is 5.69 Å². The molecule has 0 spiro atoms. The van der Waals surface area contributed by atoms with Crippen molar-refractivity contribution < 1.29 is 14.7 Å². The van der Waals surface area contributed by atoms with Gasteiger partial charge in [-0.15, -0.1) is 0 Å². The molecule has 0 saturated carbocycles. The number of nitrogens with zero attached hydrogens (tertiary/aromatic N) is 1. The molecular formula is C15H21ClN2O3. The van der Waals surface area contributed by atoms with Crippen molar-refractivity contribution in [3.8, 4) is 0 Å². The van der Waals surface area contributed by atoms with Gasteiger partial charge in [0.1, 0.15) is 0 Å². The molecule has 116 valence electrons. The van der Waals surface area contributed by atoms with Crippen LogP contribution in [0.25, 0.3) is 0 Å². The molecule has 2 N–H and O–H groups in total. The highest BCUT2D eigenvalue weighted by molar-refractivity contribution is 6.31. The van der Waals surface area contributed by atoms with Crippen LogP contribution in [0.1, 0.15) is 25.8 Å². The number of rotatable bonds is 7. The van der Waals surface area contributed by atoms with Crippen LogP contribution >= 0.6 is 11.6 Å². The fourth-order valence-corrected chi connectivity index (χ4v) is 2.09. The maximum absolute atomic E-state index is 12.1. The van der Waals surface area contributed by atoms with Crippen molar-refractivity contribution in [3.05, 3.63) is 28.8 Å². The summed E-state index contributed by atoms with van der Waals surface area (Å²) >= 11 is 6.01. The Morgan fingerprint density at radius 3 is 2.62 bits per heavy atom. The second-order valence-corrected chi connectivity index (χ2v) is 5.42. The number of hydrogen-bond acceptors (Lipinski definition) is 3. The average Bonchev–Trinajstić information content (AvgIpc) is 2.41. The lowest BCUT2D eigenvalue weighted by Gasteiger charge is -2.26. The highest BCUT2D eigenvalue weighted by Gasteiger charge is 2.19. The Labute approximate surface area is 129 Å². The predicted octanol–water partition coefficient (Wildman–Crippen LogP) is 2.77. The molecule has 1 rings (SSSR count). The smallest absolute Gasteiger partial charge is 0.317 e. The summed E-state index contributed by atoms with van der Waals surface area (Å²) in [4.78, 5) is 24.6. The van der Waals surface area contributed by atoms with E-state index in [2.05, 4.69) is 5.32 Å². The summed E-state index contributed by atoms with van der Waals surface area (Å²) in [6.45, 7) is 5.56. The van der Waals surface area contributed by atoms with Crippen molar-refractivity contribution >= 4 is 29.2 Å². The third-order valence-corrected chi connectivity index (χ3v) is 3.85. The molecule has 0 fully saturated rings. The molecule has 0 aromatic heterocycles. The SMILES string of the molecule is CCC(C)N(CC(=O)O)CC(=O)Nc1cccc(Cl)c1C. The van der Waals surface area contributed by atoms with E-state index in [1.165, 1.54) is 0 Å². The Morgan fingerprint density at radius 2 is 2.05 bits per heavy atom. The van der Waals surface area contributed by atoms with Crippen LogP contribution in [0.3, 0.4) is 0 Å². The summed E-state index contributed by atoms with van der Waals surface area (Å²) < 4.78 is 0. The number of carboxylic acids is 1. The molecule has 5 nitrogen and oxygen atoms in total. The molecule has 0 aliphatic heterocycles. The lowest BCUT2D eigenvalue weighted by atomic mass is 10.2. The Balaban J connectivity index is 2.73. The summed E-state index contributed by atoms with van der Waals surface area (Å²) in [6.07, 6.45) is 0.775. The van der Waals surface area contributed by atoms with E-state index in [-0.39, 0.29) is 25.0 Å². The van der Waals surface area contributed by atoms with Gasteiger partial charge in [0, 0.05) is 16.8 Å². The van der Waals surface area contributed by atoms with Gasteiger partial charge in [-0.3, -0.25) is 14.5 Å². The minimum absolute atomic E-state index is 0.0207. The Kier molecular flexibility index (Phi) is 6.65. The van der Waals surface area contributed by atoms with Gasteiger partial charge in [-0.1, -0.05) is 24.6 Å². The largest absolute Gasteiger partial charge is 0.480 e. The Morgan fingerprint density at radius 1 is 1.38 bits per heavy atom. The third-order valence-electron chi connectivity index (χ3n) is 3.44. The second kappa shape index (κ2) is 8.00. The van der Waals surface area contributed by atoms with Crippen LogP contribution in [-0.4, -0.2) is 41.0 Å². The number of carbonyl (C=O) groups excluding carboxylic acids is 1. The molecule has 0 bridgehead atoms. The minimum Gasteiger partial charge on any atom is -0.480 e. The Bertz CT molecular complexity index is 520. The lowest BCUT2D eigenvalue weighted by molar-refractivity contribution is -0.139. The van der Waals surface area contributed by atoms with Gasteiger partial charge < -0.3 is 10.4 Å². The van der Waals surface area contributed by atoms with Crippen molar-refractivity contribution in [2.24, 2.45) is 0 Å². The topological polar surface area (TPSA) is 69.6 Å². The number of carboxylic acid groups (broad SMARTS) is 1. The van der Waals surface area contributed by atoms with E-state index >= 15 is 0 Å². The first-order valence-corrected chi connectivity index (χ1v) is 7.23. The maximum atomic E-state index is 12.1. The van der Waals surface area contributed by atoms with Gasteiger partial charge in [-0.25, -0.2) is 0 Å². The summed E-state index contributed by atoms with van der Waals surface area (Å²) in [6, 6.07) is 5.30. The van der Waals surface area contributed by atoms with E-state index in [0.717, 1.165) is 12.0 Å². The van der Waals surface area contributed by atoms with Crippen molar-refractivity contribution in [2.45, 2.75) is 33.2 Å². The van der Waals surface area contributed by atoms with E-state index in [9.17, 15) is 9.59 Å². The predicted molar refractivity (Wildman–Crippen MR) is 83.8 cm³/mol. The van der Waals surface area contributed by atoms with Gasteiger partial charge in [0.05, 0.1) is 13.1 Å². The molecule has 21 heavy (non-hydrogen) atoms. The van der Waals surface area contributed by atoms with E-state index in [0.29, 0.717) is 10.7 Å². The number of anilines is 1. The van der Waals surface area contributed by atoms with Crippen LogP contribution in [0.2, 0.25) is 5.02 Å².